The number of carbonyl (C=O) groups excluding carboxylic acids is 1. The van der Waals surface area contributed by atoms with Gasteiger partial charge >= 0.3 is 0 Å². The van der Waals surface area contributed by atoms with Crippen LogP contribution in [0.5, 0.6) is 0 Å². The summed E-state index contributed by atoms with van der Waals surface area (Å²) in [6, 6.07) is 3.22. The van der Waals surface area contributed by atoms with Crippen molar-refractivity contribution in [3.8, 4) is 0 Å². The molecule has 1 N–H and O–H groups in total. The molecule has 0 aromatic carbocycles. The highest BCUT2D eigenvalue weighted by Crippen LogP contribution is 2.25. The number of amides is 1. The zero-order valence-corrected chi connectivity index (χ0v) is 13.1. The van der Waals surface area contributed by atoms with Gasteiger partial charge in [0, 0.05) is 6.54 Å². The number of sulfone groups is 1. The minimum absolute atomic E-state index is 0.264. The lowest BCUT2D eigenvalue weighted by Gasteiger charge is -2.21. The summed E-state index contributed by atoms with van der Waals surface area (Å²) in [6.45, 7) is 0.587. The Morgan fingerprint density at radius 2 is 2.05 bits per heavy atom. The van der Waals surface area contributed by atoms with Crippen molar-refractivity contribution >= 4 is 27.1 Å². The van der Waals surface area contributed by atoms with Crippen molar-refractivity contribution in [1.29, 1.82) is 0 Å². The molecule has 1 aliphatic rings. The molecule has 1 aromatic rings. The molecule has 1 aliphatic carbocycles. The molecular formula is C14H21NO3S2. The maximum atomic E-state index is 11.9. The Balaban J connectivity index is 1.72. The summed E-state index contributed by atoms with van der Waals surface area (Å²) in [6.07, 6.45) is 7.33. The van der Waals surface area contributed by atoms with E-state index >= 15 is 0 Å². The number of thiophene rings is 1. The van der Waals surface area contributed by atoms with Crippen LogP contribution in [0, 0.1) is 5.92 Å². The van der Waals surface area contributed by atoms with Gasteiger partial charge in [0.05, 0.1) is 0 Å². The number of hydrogen-bond acceptors (Lipinski definition) is 4. The largest absolute Gasteiger partial charge is 0.355 e. The third-order valence-electron chi connectivity index (χ3n) is 3.72. The first kappa shape index (κ1) is 15.5. The van der Waals surface area contributed by atoms with E-state index in [9.17, 15) is 13.2 Å². The van der Waals surface area contributed by atoms with Crippen molar-refractivity contribution in [2.24, 2.45) is 5.92 Å². The van der Waals surface area contributed by atoms with Gasteiger partial charge in [-0.1, -0.05) is 38.2 Å². The molecule has 20 heavy (non-hydrogen) atoms. The summed E-state index contributed by atoms with van der Waals surface area (Å²) in [7, 11) is -3.46. The molecule has 1 amide bonds. The molecule has 0 aliphatic heterocycles. The minimum Gasteiger partial charge on any atom is -0.355 e. The fourth-order valence-corrected chi connectivity index (χ4v) is 4.88. The average Bonchev–Trinajstić information content (AvgIpc) is 2.94. The molecule has 0 unspecified atom stereocenters. The third kappa shape index (κ3) is 4.59. The molecule has 0 atom stereocenters. The highest BCUT2D eigenvalue weighted by molar-refractivity contribution is 7.94. The van der Waals surface area contributed by atoms with Gasteiger partial charge in [0.25, 0.3) is 0 Å². The number of hydrogen-bond donors (Lipinski definition) is 1. The van der Waals surface area contributed by atoms with Crippen LogP contribution < -0.4 is 5.32 Å². The van der Waals surface area contributed by atoms with Crippen LogP contribution in [0.4, 0.5) is 0 Å². The van der Waals surface area contributed by atoms with Gasteiger partial charge in [-0.15, -0.1) is 11.3 Å². The second-order valence-corrected chi connectivity index (χ2v) is 8.50. The van der Waals surface area contributed by atoms with Crippen LogP contribution >= 0.6 is 11.3 Å². The van der Waals surface area contributed by atoms with Crippen LogP contribution in [0.25, 0.3) is 0 Å². The molecule has 1 fully saturated rings. The second-order valence-electron chi connectivity index (χ2n) is 5.33. The lowest BCUT2D eigenvalue weighted by Crippen LogP contribution is -2.31. The lowest BCUT2D eigenvalue weighted by molar-refractivity contribution is -0.118. The Morgan fingerprint density at radius 3 is 2.70 bits per heavy atom. The van der Waals surface area contributed by atoms with E-state index in [-0.39, 0.29) is 4.21 Å². The Bertz CT molecular complexity index is 517. The Labute approximate surface area is 124 Å². The minimum atomic E-state index is -3.46. The van der Waals surface area contributed by atoms with E-state index in [2.05, 4.69) is 5.32 Å². The lowest BCUT2D eigenvalue weighted by atomic mass is 9.87. The molecule has 0 bridgehead atoms. The SMILES string of the molecule is O=C(CS(=O)(=O)c1cccs1)NCCC1CCCCC1. The van der Waals surface area contributed by atoms with Gasteiger partial charge in [-0.2, -0.15) is 0 Å². The monoisotopic (exact) mass is 315 g/mol. The van der Waals surface area contributed by atoms with Crippen LogP contribution in [0.15, 0.2) is 21.7 Å². The van der Waals surface area contributed by atoms with Gasteiger partial charge in [-0.05, 0) is 23.8 Å². The predicted molar refractivity (Wildman–Crippen MR) is 80.6 cm³/mol. The normalized spacial score (nSPS) is 17.0. The van der Waals surface area contributed by atoms with Crippen molar-refractivity contribution in [2.75, 3.05) is 12.3 Å². The molecule has 4 nitrogen and oxygen atoms in total. The fraction of sp³-hybridized carbons (Fsp3) is 0.643. The molecule has 6 heteroatoms. The first-order chi connectivity index (χ1) is 9.58. The third-order valence-corrected chi connectivity index (χ3v) is 6.83. The predicted octanol–water partition coefficient (Wildman–Crippen LogP) is 2.61. The summed E-state index contributed by atoms with van der Waals surface area (Å²) < 4.78 is 24.1. The van der Waals surface area contributed by atoms with Gasteiger partial charge in [0.1, 0.15) is 9.96 Å². The van der Waals surface area contributed by atoms with Crippen molar-refractivity contribution in [3.63, 3.8) is 0 Å². The molecule has 0 saturated heterocycles. The average molecular weight is 315 g/mol. The van der Waals surface area contributed by atoms with Gasteiger partial charge in [-0.25, -0.2) is 8.42 Å². The smallest absolute Gasteiger partial charge is 0.235 e. The number of nitrogens with one attached hydrogen (secondary N) is 1. The summed E-state index contributed by atoms with van der Waals surface area (Å²) in [4.78, 5) is 11.7. The van der Waals surface area contributed by atoms with E-state index in [4.69, 9.17) is 0 Å². The van der Waals surface area contributed by atoms with Crippen LogP contribution in [0.3, 0.4) is 0 Å². The summed E-state index contributed by atoms with van der Waals surface area (Å²) in [5.41, 5.74) is 0. The van der Waals surface area contributed by atoms with Gasteiger partial charge in [-0.3, -0.25) is 4.79 Å². The number of rotatable bonds is 6. The van der Waals surface area contributed by atoms with Gasteiger partial charge in [0.2, 0.25) is 5.91 Å². The molecular weight excluding hydrogens is 294 g/mol. The highest BCUT2D eigenvalue weighted by atomic mass is 32.2. The number of carbonyl (C=O) groups is 1. The quantitative estimate of drug-likeness (QED) is 0.877. The van der Waals surface area contributed by atoms with E-state index in [0.717, 1.165) is 17.8 Å². The Hall–Kier alpha value is -0.880. The van der Waals surface area contributed by atoms with E-state index < -0.39 is 21.5 Å². The van der Waals surface area contributed by atoms with Gasteiger partial charge in [0.15, 0.2) is 9.84 Å². The standard InChI is InChI=1S/C14H21NO3S2/c16-13(11-20(17,18)14-7-4-10-19-14)15-9-8-12-5-2-1-3-6-12/h4,7,10,12H,1-3,5-6,8-9,11H2,(H,15,16). The first-order valence-electron chi connectivity index (χ1n) is 7.11. The van der Waals surface area contributed by atoms with Crippen molar-refractivity contribution < 1.29 is 13.2 Å². The highest BCUT2D eigenvalue weighted by Gasteiger charge is 2.20. The molecule has 1 saturated carbocycles. The molecule has 1 aromatic heterocycles. The molecule has 2 rings (SSSR count). The van der Waals surface area contributed by atoms with Crippen LogP contribution in [-0.4, -0.2) is 26.6 Å². The van der Waals surface area contributed by atoms with Crippen molar-refractivity contribution in [2.45, 2.75) is 42.7 Å². The van der Waals surface area contributed by atoms with Gasteiger partial charge < -0.3 is 5.32 Å². The fourth-order valence-electron chi connectivity index (χ4n) is 2.63. The van der Waals surface area contributed by atoms with Crippen LogP contribution in [0.1, 0.15) is 38.5 Å². The summed E-state index contributed by atoms with van der Waals surface area (Å²) in [5, 5.41) is 4.44. The summed E-state index contributed by atoms with van der Waals surface area (Å²) in [5.74, 6) is -0.148. The zero-order chi connectivity index (χ0) is 14.4. The van der Waals surface area contributed by atoms with E-state index in [0.29, 0.717) is 12.5 Å². The Morgan fingerprint density at radius 1 is 1.30 bits per heavy atom. The van der Waals surface area contributed by atoms with Crippen LogP contribution in [-0.2, 0) is 14.6 Å². The van der Waals surface area contributed by atoms with E-state index in [1.807, 2.05) is 0 Å². The zero-order valence-electron chi connectivity index (χ0n) is 11.5. The maximum absolute atomic E-state index is 11.9. The van der Waals surface area contributed by atoms with E-state index in [1.54, 1.807) is 11.4 Å². The summed E-state index contributed by atoms with van der Waals surface area (Å²) >= 11 is 1.15. The molecule has 0 radical (unpaired) electrons. The molecule has 0 spiro atoms. The topological polar surface area (TPSA) is 63.2 Å². The van der Waals surface area contributed by atoms with Crippen molar-refractivity contribution in [1.82, 2.24) is 5.32 Å². The van der Waals surface area contributed by atoms with Crippen molar-refractivity contribution in [3.05, 3.63) is 17.5 Å². The second kappa shape index (κ2) is 7.22. The van der Waals surface area contributed by atoms with E-state index in [1.165, 1.54) is 38.2 Å². The first-order valence-corrected chi connectivity index (χ1v) is 9.64. The molecule has 1 heterocycles. The molecule has 112 valence electrons. The maximum Gasteiger partial charge on any atom is 0.235 e. The van der Waals surface area contributed by atoms with Crippen LogP contribution in [0.2, 0.25) is 0 Å². The Kier molecular flexibility index (Phi) is 5.60.